The van der Waals surface area contributed by atoms with Gasteiger partial charge in [0.1, 0.15) is 12.7 Å². The first-order chi connectivity index (χ1) is 11.8. The molecule has 3 aromatic rings. The normalized spacial score (nSPS) is 14.3. The lowest BCUT2D eigenvalue weighted by Gasteiger charge is -2.26. The summed E-state index contributed by atoms with van der Waals surface area (Å²) in [6, 6.07) is 5.75. The van der Waals surface area contributed by atoms with Crippen molar-refractivity contribution < 1.29 is 4.79 Å². The van der Waals surface area contributed by atoms with Gasteiger partial charge in [-0.3, -0.25) is 9.69 Å². The number of hydrogen-bond acceptors (Lipinski definition) is 6. The predicted octanol–water partition coefficient (Wildman–Crippen LogP) is 1.72. The van der Waals surface area contributed by atoms with Crippen molar-refractivity contribution in [3.8, 4) is 5.82 Å². The van der Waals surface area contributed by atoms with Crippen LogP contribution in [0.3, 0.4) is 0 Å². The Bertz CT molecular complexity index is 844. The molecule has 0 aliphatic carbocycles. The van der Waals surface area contributed by atoms with Gasteiger partial charge in [-0.1, -0.05) is 0 Å². The van der Waals surface area contributed by atoms with Crippen LogP contribution in [0, 0.1) is 0 Å². The van der Waals surface area contributed by atoms with E-state index in [1.54, 1.807) is 29.9 Å². The number of carbonyl (C=O) groups is 1. The summed E-state index contributed by atoms with van der Waals surface area (Å²) in [6.07, 6.45) is 5.67. The third-order valence-corrected chi connectivity index (χ3v) is 4.97. The molecule has 0 atom stereocenters. The number of fused-ring (bicyclic) bond motifs is 1. The Labute approximate surface area is 143 Å². The van der Waals surface area contributed by atoms with E-state index >= 15 is 0 Å². The van der Waals surface area contributed by atoms with E-state index < -0.39 is 0 Å². The maximum absolute atomic E-state index is 12.4. The van der Waals surface area contributed by atoms with Crippen molar-refractivity contribution >= 4 is 22.9 Å². The van der Waals surface area contributed by atoms with Gasteiger partial charge in [-0.2, -0.15) is 5.10 Å². The topological polar surface area (TPSA) is 75.9 Å². The minimum atomic E-state index is -0.0527. The summed E-state index contributed by atoms with van der Waals surface area (Å²) in [5.74, 6) is 0.505. The van der Waals surface area contributed by atoms with E-state index in [1.165, 1.54) is 21.4 Å². The fourth-order valence-electron chi connectivity index (χ4n) is 2.83. The number of pyridine rings is 1. The van der Waals surface area contributed by atoms with Gasteiger partial charge in [-0.25, -0.2) is 14.6 Å². The number of amides is 1. The van der Waals surface area contributed by atoms with Crippen LogP contribution in [0.25, 0.3) is 5.82 Å². The van der Waals surface area contributed by atoms with Gasteiger partial charge < -0.3 is 5.32 Å². The third-order valence-electron chi connectivity index (χ3n) is 3.95. The van der Waals surface area contributed by atoms with Crippen LogP contribution in [0.5, 0.6) is 0 Å². The van der Waals surface area contributed by atoms with E-state index in [1.807, 2.05) is 6.07 Å². The highest BCUT2D eigenvalue weighted by atomic mass is 32.1. The van der Waals surface area contributed by atoms with Crippen LogP contribution >= 0.6 is 11.3 Å². The Morgan fingerprint density at radius 3 is 3.21 bits per heavy atom. The number of aromatic nitrogens is 4. The van der Waals surface area contributed by atoms with Gasteiger partial charge in [0.25, 0.3) is 0 Å². The van der Waals surface area contributed by atoms with Crippen LogP contribution in [0.15, 0.2) is 42.4 Å². The molecular weight excluding hydrogens is 324 g/mol. The fraction of sp³-hybridized carbons (Fsp3) is 0.250. The lowest BCUT2D eigenvalue weighted by molar-refractivity contribution is -0.117. The van der Waals surface area contributed by atoms with E-state index in [9.17, 15) is 4.79 Å². The van der Waals surface area contributed by atoms with Crippen LogP contribution < -0.4 is 5.32 Å². The van der Waals surface area contributed by atoms with Gasteiger partial charge in [-0.15, -0.1) is 11.3 Å². The van der Waals surface area contributed by atoms with E-state index in [0.717, 1.165) is 19.5 Å². The number of rotatable bonds is 4. The van der Waals surface area contributed by atoms with Crippen LogP contribution in [-0.4, -0.2) is 43.6 Å². The maximum Gasteiger partial charge on any atom is 0.238 e. The minimum absolute atomic E-state index is 0.0527. The molecule has 0 saturated carbocycles. The number of carbonyl (C=O) groups excluding carboxylic acids is 1. The maximum atomic E-state index is 12.4. The summed E-state index contributed by atoms with van der Waals surface area (Å²) in [4.78, 5) is 24.2. The van der Waals surface area contributed by atoms with Crippen molar-refractivity contribution in [2.75, 3.05) is 18.4 Å². The van der Waals surface area contributed by atoms with E-state index in [4.69, 9.17) is 0 Å². The summed E-state index contributed by atoms with van der Waals surface area (Å²) >= 11 is 1.80. The molecule has 4 rings (SSSR count). The van der Waals surface area contributed by atoms with E-state index in [0.29, 0.717) is 18.1 Å². The number of anilines is 1. The molecule has 1 amide bonds. The van der Waals surface area contributed by atoms with Crippen molar-refractivity contribution in [1.82, 2.24) is 24.6 Å². The zero-order valence-electron chi connectivity index (χ0n) is 12.9. The lowest BCUT2D eigenvalue weighted by atomic mass is 10.1. The molecule has 24 heavy (non-hydrogen) atoms. The first-order valence-corrected chi connectivity index (χ1v) is 8.55. The Hall–Kier alpha value is -2.58. The quantitative estimate of drug-likeness (QED) is 0.783. The van der Waals surface area contributed by atoms with Gasteiger partial charge in [0.05, 0.1) is 12.2 Å². The second-order valence-corrected chi connectivity index (χ2v) is 6.59. The second-order valence-electron chi connectivity index (χ2n) is 5.59. The van der Waals surface area contributed by atoms with Gasteiger partial charge in [0, 0.05) is 24.2 Å². The van der Waals surface area contributed by atoms with Gasteiger partial charge >= 0.3 is 0 Å². The summed E-state index contributed by atoms with van der Waals surface area (Å²) < 4.78 is 1.54. The average molecular weight is 340 g/mol. The smallest absolute Gasteiger partial charge is 0.238 e. The molecule has 0 fully saturated rings. The molecule has 0 aromatic carbocycles. The Morgan fingerprint density at radius 2 is 2.33 bits per heavy atom. The molecule has 1 aliphatic rings. The lowest BCUT2D eigenvalue weighted by Crippen LogP contribution is -2.36. The van der Waals surface area contributed by atoms with E-state index in [2.05, 4.69) is 36.7 Å². The molecule has 122 valence electrons. The van der Waals surface area contributed by atoms with Gasteiger partial charge in [0.15, 0.2) is 5.82 Å². The van der Waals surface area contributed by atoms with Gasteiger partial charge in [0.2, 0.25) is 5.91 Å². The Balaban J connectivity index is 1.44. The third kappa shape index (κ3) is 3.06. The number of hydrogen-bond donors (Lipinski definition) is 1. The highest BCUT2D eigenvalue weighted by Gasteiger charge is 2.20. The molecular formula is C16H16N6OS. The van der Waals surface area contributed by atoms with Crippen molar-refractivity contribution in [2.24, 2.45) is 0 Å². The van der Waals surface area contributed by atoms with E-state index in [-0.39, 0.29) is 5.91 Å². The fourth-order valence-corrected chi connectivity index (χ4v) is 3.72. The summed E-state index contributed by atoms with van der Waals surface area (Å²) in [6.45, 7) is 2.10. The SMILES string of the molecule is O=C(CN1CCc2sccc2C1)Nc1cccnc1-n1cncn1. The number of thiophene rings is 1. The Kier molecular flexibility index (Phi) is 4.06. The molecule has 7 nitrogen and oxygen atoms in total. The van der Waals surface area contributed by atoms with Crippen LogP contribution in [0.1, 0.15) is 10.4 Å². The average Bonchev–Trinajstić information content (AvgIpc) is 3.26. The number of nitrogens with zero attached hydrogens (tertiary/aromatic N) is 5. The Morgan fingerprint density at radius 1 is 1.38 bits per heavy atom. The van der Waals surface area contributed by atoms with Gasteiger partial charge in [-0.05, 0) is 35.6 Å². The highest BCUT2D eigenvalue weighted by Crippen LogP contribution is 2.24. The monoisotopic (exact) mass is 340 g/mol. The van der Waals surface area contributed by atoms with Crippen molar-refractivity contribution in [1.29, 1.82) is 0 Å². The predicted molar refractivity (Wildman–Crippen MR) is 91.1 cm³/mol. The highest BCUT2D eigenvalue weighted by molar-refractivity contribution is 7.10. The molecule has 0 spiro atoms. The zero-order valence-corrected chi connectivity index (χ0v) is 13.7. The minimum Gasteiger partial charge on any atom is -0.322 e. The summed E-state index contributed by atoms with van der Waals surface area (Å²) in [5, 5.41) is 9.13. The molecule has 1 N–H and O–H groups in total. The van der Waals surface area contributed by atoms with Crippen LogP contribution in [0.4, 0.5) is 5.69 Å². The molecule has 0 saturated heterocycles. The van der Waals surface area contributed by atoms with Crippen molar-refractivity contribution in [3.05, 3.63) is 52.9 Å². The van der Waals surface area contributed by atoms with Crippen LogP contribution in [0.2, 0.25) is 0 Å². The number of nitrogens with one attached hydrogen (secondary N) is 1. The first kappa shape index (κ1) is 15.0. The molecule has 4 heterocycles. The van der Waals surface area contributed by atoms with Crippen molar-refractivity contribution in [2.45, 2.75) is 13.0 Å². The largest absolute Gasteiger partial charge is 0.322 e. The molecule has 8 heteroatoms. The molecule has 1 aliphatic heterocycles. The summed E-state index contributed by atoms with van der Waals surface area (Å²) in [7, 11) is 0. The van der Waals surface area contributed by atoms with Crippen molar-refractivity contribution in [3.63, 3.8) is 0 Å². The first-order valence-electron chi connectivity index (χ1n) is 7.67. The zero-order chi connectivity index (χ0) is 16.4. The van der Waals surface area contributed by atoms with Crippen LogP contribution in [-0.2, 0) is 17.8 Å². The standard InChI is InChI=1S/C16H16N6OS/c23-15(9-21-6-3-14-12(8-21)4-7-24-14)20-13-2-1-5-18-16(13)22-11-17-10-19-22/h1-2,4-5,7,10-11H,3,6,8-9H2,(H,20,23). The molecule has 0 unspecified atom stereocenters. The summed E-state index contributed by atoms with van der Waals surface area (Å²) in [5.41, 5.74) is 1.96. The second kappa shape index (κ2) is 6.50. The molecule has 0 bridgehead atoms. The molecule has 0 radical (unpaired) electrons. The molecule has 3 aromatic heterocycles.